The zero-order valence-corrected chi connectivity index (χ0v) is 11.9. The van der Waals surface area contributed by atoms with Crippen molar-refractivity contribution in [2.24, 2.45) is 5.92 Å². The van der Waals surface area contributed by atoms with Gasteiger partial charge in [-0.15, -0.1) is 0 Å². The van der Waals surface area contributed by atoms with Crippen LogP contribution in [0.15, 0.2) is 18.3 Å². The summed E-state index contributed by atoms with van der Waals surface area (Å²) in [6.45, 7) is 4.90. The minimum Gasteiger partial charge on any atom is -0.466 e. The lowest BCUT2D eigenvalue weighted by Gasteiger charge is -2.30. The number of ether oxygens (including phenoxy) is 1. The summed E-state index contributed by atoms with van der Waals surface area (Å²) in [4.78, 5) is 18.2. The first-order valence-corrected chi connectivity index (χ1v) is 7.06. The van der Waals surface area contributed by atoms with Crippen LogP contribution in [0.25, 0.3) is 0 Å². The molecule has 4 nitrogen and oxygen atoms in total. The van der Waals surface area contributed by atoms with Crippen molar-refractivity contribution in [3.8, 4) is 0 Å². The van der Waals surface area contributed by atoms with Crippen LogP contribution < -0.4 is 0 Å². The number of esters is 1. The highest BCUT2D eigenvalue weighted by Gasteiger charge is 2.25. The zero-order chi connectivity index (χ0) is 13.7. The number of nitrogens with zero attached hydrogens (tertiary/aromatic N) is 2. The summed E-state index contributed by atoms with van der Waals surface area (Å²) >= 11 is 5.94. The summed E-state index contributed by atoms with van der Waals surface area (Å²) in [7, 11) is 0. The maximum Gasteiger partial charge on any atom is 0.309 e. The number of aromatic nitrogens is 1. The molecule has 1 saturated heterocycles. The molecule has 0 spiro atoms. The normalized spacial score (nSPS) is 17.4. The van der Waals surface area contributed by atoms with E-state index in [9.17, 15) is 4.79 Å². The van der Waals surface area contributed by atoms with Crippen molar-refractivity contribution in [1.29, 1.82) is 0 Å². The van der Waals surface area contributed by atoms with Crippen molar-refractivity contribution in [3.05, 3.63) is 29.0 Å². The number of halogens is 1. The van der Waals surface area contributed by atoms with Gasteiger partial charge in [-0.05, 0) is 45.0 Å². The highest BCUT2D eigenvalue weighted by molar-refractivity contribution is 6.30. The van der Waals surface area contributed by atoms with Crippen molar-refractivity contribution in [1.82, 2.24) is 9.88 Å². The largest absolute Gasteiger partial charge is 0.466 e. The van der Waals surface area contributed by atoms with Crippen molar-refractivity contribution in [2.45, 2.75) is 26.3 Å². The lowest BCUT2D eigenvalue weighted by atomic mass is 9.97. The minimum absolute atomic E-state index is 0.0527. The Morgan fingerprint density at radius 1 is 1.53 bits per heavy atom. The lowest BCUT2D eigenvalue weighted by Crippen LogP contribution is -2.36. The molecule has 0 bridgehead atoms. The van der Waals surface area contributed by atoms with Crippen LogP contribution in [0.4, 0.5) is 0 Å². The van der Waals surface area contributed by atoms with Crippen LogP contribution in [0.3, 0.4) is 0 Å². The molecule has 19 heavy (non-hydrogen) atoms. The molecule has 104 valence electrons. The van der Waals surface area contributed by atoms with E-state index in [1.807, 2.05) is 13.0 Å². The number of carbonyl (C=O) groups is 1. The molecule has 1 aliphatic rings. The molecule has 0 aromatic carbocycles. The Hall–Kier alpha value is -1.13. The van der Waals surface area contributed by atoms with E-state index in [0.717, 1.165) is 38.2 Å². The van der Waals surface area contributed by atoms with Crippen LogP contribution in [0.1, 0.15) is 25.5 Å². The SMILES string of the molecule is CCOC(=O)C1CCN(Cc2cc(Cl)ccn2)CC1. The van der Waals surface area contributed by atoms with Crippen molar-refractivity contribution < 1.29 is 9.53 Å². The molecule has 0 radical (unpaired) electrons. The molecule has 0 saturated carbocycles. The topological polar surface area (TPSA) is 42.4 Å². The number of rotatable bonds is 4. The second-order valence-corrected chi connectivity index (χ2v) is 5.20. The van der Waals surface area contributed by atoms with E-state index in [4.69, 9.17) is 16.3 Å². The van der Waals surface area contributed by atoms with Gasteiger partial charge in [0.2, 0.25) is 0 Å². The van der Waals surface area contributed by atoms with Gasteiger partial charge in [0.05, 0.1) is 18.2 Å². The first-order chi connectivity index (χ1) is 9.19. The molecule has 1 aromatic heterocycles. The van der Waals surface area contributed by atoms with Gasteiger partial charge in [0, 0.05) is 17.8 Å². The molecule has 1 aliphatic heterocycles. The van der Waals surface area contributed by atoms with Gasteiger partial charge >= 0.3 is 5.97 Å². The standard InChI is InChI=1S/C14H19ClN2O2/c1-2-19-14(18)11-4-7-17(8-5-11)10-13-9-12(15)3-6-16-13/h3,6,9,11H,2,4-5,7-8,10H2,1H3. The Bertz CT molecular complexity index is 431. The van der Waals surface area contributed by atoms with E-state index in [-0.39, 0.29) is 11.9 Å². The van der Waals surface area contributed by atoms with Gasteiger partial charge in [0.25, 0.3) is 0 Å². The average Bonchev–Trinajstić information content (AvgIpc) is 2.40. The third-order valence-electron chi connectivity index (χ3n) is 3.37. The molecule has 1 fully saturated rings. The fourth-order valence-electron chi connectivity index (χ4n) is 2.35. The number of hydrogen-bond donors (Lipinski definition) is 0. The van der Waals surface area contributed by atoms with Crippen LogP contribution in [0.2, 0.25) is 5.02 Å². The molecule has 0 amide bonds. The van der Waals surface area contributed by atoms with Gasteiger partial charge in [-0.2, -0.15) is 0 Å². The quantitative estimate of drug-likeness (QED) is 0.796. The predicted molar refractivity (Wildman–Crippen MR) is 73.9 cm³/mol. The number of carbonyl (C=O) groups excluding carboxylic acids is 1. The Morgan fingerprint density at radius 2 is 2.26 bits per heavy atom. The Morgan fingerprint density at radius 3 is 2.89 bits per heavy atom. The van der Waals surface area contributed by atoms with Crippen LogP contribution in [0, 0.1) is 5.92 Å². The number of hydrogen-bond acceptors (Lipinski definition) is 4. The summed E-state index contributed by atoms with van der Waals surface area (Å²) in [5.74, 6) is 0.00607. The highest BCUT2D eigenvalue weighted by Crippen LogP contribution is 2.20. The number of piperidine rings is 1. The van der Waals surface area contributed by atoms with E-state index in [1.54, 1.807) is 12.3 Å². The zero-order valence-electron chi connectivity index (χ0n) is 11.1. The van der Waals surface area contributed by atoms with Crippen LogP contribution >= 0.6 is 11.6 Å². The molecule has 5 heteroatoms. The Labute approximate surface area is 118 Å². The second kappa shape index (κ2) is 6.87. The molecule has 1 aromatic rings. The fraction of sp³-hybridized carbons (Fsp3) is 0.571. The summed E-state index contributed by atoms with van der Waals surface area (Å²) in [6.07, 6.45) is 3.45. The van der Waals surface area contributed by atoms with Crippen LogP contribution in [-0.4, -0.2) is 35.5 Å². The Kier molecular flexibility index (Phi) is 5.16. The minimum atomic E-state index is -0.0527. The first-order valence-electron chi connectivity index (χ1n) is 6.68. The maximum absolute atomic E-state index is 11.6. The van der Waals surface area contributed by atoms with E-state index >= 15 is 0 Å². The van der Waals surface area contributed by atoms with E-state index in [1.165, 1.54) is 0 Å². The van der Waals surface area contributed by atoms with Gasteiger partial charge in [-0.25, -0.2) is 0 Å². The summed E-state index contributed by atoms with van der Waals surface area (Å²) in [6, 6.07) is 3.66. The van der Waals surface area contributed by atoms with Crippen molar-refractivity contribution in [2.75, 3.05) is 19.7 Å². The summed E-state index contributed by atoms with van der Waals surface area (Å²) in [5.41, 5.74) is 0.974. The molecule has 0 aliphatic carbocycles. The van der Waals surface area contributed by atoms with Gasteiger partial charge < -0.3 is 4.74 Å². The molecule has 2 heterocycles. The molecular weight excluding hydrogens is 264 g/mol. The molecule has 0 N–H and O–H groups in total. The van der Waals surface area contributed by atoms with Crippen molar-refractivity contribution in [3.63, 3.8) is 0 Å². The van der Waals surface area contributed by atoms with E-state index in [0.29, 0.717) is 11.6 Å². The average molecular weight is 283 g/mol. The highest BCUT2D eigenvalue weighted by atomic mass is 35.5. The maximum atomic E-state index is 11.6. The molecule has 0 atom stereocenters. The third-order valence-corrected chi connectivity index (χ3v) is 3.61. The molecule has 0 unspecified atom stereocenters. The van der Waals surface area contributed by atoms with E-state index < -0.39 is 0 Å². The van der Waals surface area contributed by atoms with Crippen LogP contribution in [0.5, 0.6) is 0 Å². The molecule has 2 rings (SSSR count). The molecular formula is C14H19ClN2O2. The smallest absolute Gasteiger partial charge is 0.309 e. The summed E-state index contributed by atoms with van der Waals surface area (Å²) in [5, 5.41) is 0.714. The van der Waals surface area contributed by atoms with Gasteiger partial charge in [0.15, 0.2) is 0 Å². The van der Waals surface area contributed by atoms with Crippen LogP contribution in [-0.2, 0) is 16.1 Å². The van der Waals surface area contributed by atoms with Crippen molar-refractivity contribution >= 4 is 17.6 Å². The van der Waals surface area contributed by atoms with Gasteiger partial charge in [0.1, 0.15) is 0 Å². The predicted octanol–water partition coefficient (Wildman–Crippen LogP) is 2.51. The number of pyridine rings is 1. The van der Waals surface area contributed by atoms with Gasteiger partial charge in [-0.1, -0.05) is 11.6 Å². The second-order valence-electron chi connectivity index (χ2n) is 4.77. The van der Waals surface area contributed by atoms with Gasteiger partial charge in [-0.3, -0.25) is 14.7 Å². The lowest BCUT2D eigenvalue weighted by molar-refractivity contribution is -0.149. The third kappa shape index (κ3) is 4.18. The first kappa shape index (κ1) is 14.3. The number of likely N-dealkylation sites (tertiary alicyclic amines) is 1. The Balaban J connectivity index is 1.82. The summed E-state index contributed by atoms with van der Waals surface area (Å²) < 4.78 is 5.06. The fourth-order valence-corrected chi connectivity index (χ4v) is 2.53. The monoisotopic (exact) mass is 282 g/mol. The van der Waals surface area contributed by atoms with E-state index in [2.05, 4.69) is 9.88 Å².